The molecule has 394 valence electrons. The average molecular weight is 1050 g/mol. The molecule has 4 amide bonds. The van der Waals surface area contributed by atoms with E-state index in [-0.39, 0.29) is 49.9 Å². The van der Waals surface area contributed by atoms with Gasteiger partial charge in [0.25, 0.3) is 11.8 Å². The van der Waals surface area contributed by atoms with E-state index >= 15 is 8.78 Å². The Morgan fingerprint density at radius 1 is 0.895 bits per heavy atom. The van der Waals surface area contributed by atoms with Gasteiger partial charge in [-0.15, -0.1) is 0 Å². The zero-order valence-corrected chi connectivity index (χ0v) is 43.8. The maximum absolute atomic E-state index is 15.8. The van der Waals surface area contributed by atoms with E-state index < -0.39 is 47.7 Å². The lowest BCUT2D eigenvalue weighted by molar-refractivity contribution is -0.134. The SMILES string of the molecule is Cc1c(OCCC[C@@H]2CCN(CC(=O)Nc3cccc4c(C5CCC(=O)NC5=O)nn(C)c34)CC2(F)F)cccc1-c1ccc(N2CCc3cccc(C(=O)Nc4nc5ccccc5s4)c3C2)nc1C(=O)OC(C)(C)C. The Bertz CT molecular complexity index is 3390. The van der Waals surface area contributed by atoms with Gasteiger partial charge in [-0.1, -0.05) is 59.9 Å². The highest BCUT2D eigenvalue weighted by Gasteiger charge is 2.44. The second-order valence-corrected chi connectivity index (χ2v) is 21.8. The number of benzene rings is 4. The second kappa shape index (κ2) is 21.2. The van der Waals surface area contributed by atoms with Gasteiger partial charge in [0.15, 0.2) is 10.8 Å². The molecule has 7 aromatic rings. The number of rotatable bonds is 14. The van der Waals surface area contributed by atoms with E-state index in [4.69, 9.17) is 14.5 Å². The molecule has 3 aliphatic rings. The maximum atomic E-state index is 15.8. The van der Waals surface area contributed by atoms with Gasteiger partial charge in [0.2, 0.25) is 17.7 Å². The minimum atomic E-state index is -3.04. The van der Waals surface area contributed by atoms with Crippen molar-refractivity contribution in [3.8, 4) is 16.9 Å². The van der Waals surface area contributed by atoms with Crippen molar-refractivity contribution in [3.63, 3.8) is 0 Å². The van der Waals surface area contributed by atoms with Gasteiger partial charge in [-0.3, -0.25) is 39.4 Å². The van der Waals surface area contributed by atoms with Crippen LogP contribution in [0.4, 0.5) is 25.4 Å². The van der Waals surface area contributed by atoms with Crippen LogP contribution in [0.1, 0.15) is 102 Å². The van der Waals surface area contributed by atoms with Crippen LogP contribution in [0.3, 0.4) is 0 Å². The Labute approximate surface area is 442 Å². The topological polar surface area (TPSA) is 190 Å². The summed E-state index contributed by atoms with van der Waals surface area (Å²) in [6.07, 6.45) is 1.95. The van der Waals surface area contributed by atoms with E-state index in [2.05, 4.69) is 30.9 Å². The van der Waals surface area contributed by atoms with Gasteiger partial charge in [0.05, 0.1) is 52.7 Å². The number of pyridine rings is 1. The monoisotopic (exact) mass is 1050 g/mol. The molecular weight excluding hydrogens is 993 g/mol. The molecule has 0 spiro atoms. The molecule has 2 fully saturated rings. The summed E-state index contributed by atoms with van der Waals surface area (Å²) in [5, 5.41) is 14.0. The number of hydrogen-bond acceptors (Lipinski definition) is 13. The zero-order chi connectivity index (χ0) is 53.5. The number of carbonyl (C=O) groups excluding carboxylic acids is 5. The van der Waals surface area contributed by atoms with Crippen molar-refractivity contribution in [2.24, 2.45) is 13.0 Å². The lowest BCUT2D eigenvalue weighted by Crippen LogP contribution is -2.50. The number of anilines is 3. The predicted octanol–water partition coefficient (Wildman–Crippen LogP) is 9.60. The highest BCUT2D eigenvalue weighted by Crippen LogP contribution is 2.39. The van der Waals surface area contributed by atoms with Gasteiger partial charge in [-0.2, -0.15) is 5.10 Å². The molecule has 2 saturated heterocycles. The first-order chi connectivity index (χ1) is 36.4. The molecule has 3 aromatic heterocycles. The lowest BCUT2D eigenvalue weighted by Gasteiger charge is -2.38. The van der Waals surface area contributed by atoms with E-state index in [0.29, 0.717) is 94.6 Å². The van der Waals surface area contributed by atoms with Gasteiger partial charge in [0.1, 0.15) is 17.2 Å². The van der Waals surface area contributed by atoms with Crippen LogP contribution >= 0.6 is 11.3 Å². The number of alkyl halides is 2. The number of thiazole rings is 1. The maximum Gasteiger partial charge on any atom is 0.358 e. The normalized spacial score (nSPS) is 17.8. The molecule has 3 N–H and O–H groups in total. The number of ether oxygens (including phenoxy) is 2. The number of carbonyl (C=O) groups is 5. The fourth-order valence-electron chi connectivity index (χ4n) is 10.6. The Balaban J connectivity index is 0.770. The number of hydrogen-bond donors (Lipinski definition) is 3. The molecule has 0 radical (unpaired) electrons. The molecule has 19 heteroatoms. The van der Waals surface area contributed by atoms with E-state index in [0.717, 1.165) is 26.9 Å². The van der Waals surface area contributed by atoms with Gasteiger partial charge < -0.3 is 19.7 Å². The van der Waals surface area contributed by atoms with Gasteiger partial charge in [-0.05, 0) is 131 Å². The van der Waals surface area contributed by atoms with Crippen molar-refractivity contribution in [1.82, 2.24) is 30.0 Å². The van der Waals surface area contributed by atoms with Crippen LogP contribution in [-0.4, -0.2) is 98.6 Å². The number of aromatic nitrogens is 4. The number of amides is 4. The number of imide groups is 1. The van der Waals surface area contributed by atoms with E-state index in [1.165, 1.54) is 16.2 Å². The third-order valence-corrected chi connectivity index (χ3v) is 15.2. The fourth-order valence-corrected chi connectivity index (χ4v) is 11.5. The molecule has 1 unspecified atom stereocenters. The van der Waals surface area contributed by atoms with Crippen LogP contribution < -0.4 is 25.6 Å². The molecule has 6 heterocycles. The Kier molecular flexibility index (Phi) is 14.4. The summed E-state index contributed by atoms with van der Waals surface area (Å²) >= 11 is 1.42. The molecular formula is C57H59F2N9O7S. The van der Waals surface area contributed by atoms with E-state index in [9.17, 15) is 24.0 Å². The number of aryl methyl sites for hydroxylation is 1. The first kappa shape index (κ1) is 51.8. The van der Waals surface area contributed by atoms with Crippen LogP contribution in [0.5, 0.6) is 5.75 Å². The molecule has 0 saturated carbocycles. The summed E-state index contributed by atoms with van der Waals surface area (Å²) in [7, 11) is 1.70. The van der Waals surface area contributed by atoms with Crippen molar-refractivity contribution in [1.29, 1.82) is 0 Å². The van der Waals surface area contributed by atoms with Crippen LogP contribution in [0.15, 0.2) is 91.0 Å². The third-order valence-electron chi connectivity index (χ3n) is 14.3. The van der Waals surface area contributed by atoms with E-state index in [1.807, 2.05) is 79.7 Å². The van der Waals surface area contributed by atoms with Crippen molar-refractivity contribution in [3.05, 3.63) is 125 Å². The number of likely N-dealkylation sites (tertiary alicyclic amines) is 1. The quantitative estimate of drug-likeness (QED) is 0.0532. The van der Waals surface area contributed by atoms with Crippen molar-refractivity contribution in [2.75, 3.05) is 48.3 Å². The van der Waals surface area contributed by atoms with E-state index in [1.54, 1.807) is 50.7 Å². The summed E-state index contributed by atoms with van der Waals surface area (Å²) in [5.41, 5.74) is 6.11. The number of esters is 1. The van der Waals surface area contributed by atoms with Crippen LogP contribution in [0, 0.1) is 12.8 Å². The Hall–Kier alpha value is -7.64. The van der Waals surface area contributed by atoms with Crippen LogP contribution in [-0.2, 0) is 39.1 Å². The number of nitrogens with one attached hydrogen (secondary N) is 3. The fraction of sp³-hybridized carbons (Fsp3) is 0.368. The number of nitrogens with zero attached hydrogens (tertiary/aromatic N) is 6. The van der Waals surface area contributed by atoms with Crippen molar-refractivity contribution >= 4 is 78.7 Å². The molecule has 2 atom stereocenters. The minimum Gasteiger partial charge on any atom is -0.493 e. The summed E-state index contributed by atoms with van der Waals surface area (Å²) < 4.78 is 46.3. The number of piperidine rings is 2. The summed E-state index contributed by atoms with van der Waals surface area (Å²) in [5.74, 6) is -5.52. The molecule has 10 rings (SSSR count). The van der Waals surface area contributed by atoms with Gasteiger partial charge >= 0.3 is 5.97 Å². The zero-order valence-electron chi connectivity index (χ0n) is 43.0. The molecule has 3 aliphatic heterocycles. The Morgan fingerprint density at radius 3 is 2.49 bits per heavy atom. The highest BCUT2D eigenvalue weighted by molar-refractivity contribution is 7.22. The van der Waals surface area contributed by atoms with Crippen molar-refractivity contribution in [2.45, 2.75) is 90.2 Å². The summed E-state index contributed by atoms with van der Waals surface area (Å²) in [6, 6.07) is 27.9. The predicted molar refractivity (Wildman–Crippen MR) is 287 cm³/mol. The van der Waals surface area contributed by atoms with Crippen molar-refractivity contribution < 1.29 is 42.2 Å². The molecule has 76 heavy (non-hydrogen) atoms. The smallest absolute Gasteiger partial charge is 0.358 e. The number of fused-ring (bicyclic) bond motifs is 3. The van der Waals surface area contributed by atoms with Gasteiger partial charge in [0, 0.05) is 49.0 Å². The average Bonchev–Trinajstić information content (AvgIpc) is 3.99. The Morgan fingerprint density at radius 2 is 1.70 bits per heavy atom. The van der Waals surface area contributed by atoms with Crippen LogP contribution in [0.25, 0.3) is 32.2 Å². The standard InChI is InChI=1S/C57H59F2N9O7S/c1-33-36(37-21-23-46(62-50(37)54(73)75-56(2,3)4)68-28-25-34-12-8-15-38(41(34)30-68)52(71)64-55-61-42-17-6-7-20-45(42)76-55)14-10-19-44(33)74-29-11-13-35-26-27-67(32-57(35,58)59)31-48(70)60-43-18-9-16-39-49(65-66(5)51(39)43)40-22-24-47(69)63-53(40)72/h6-10,12,14-21,23,35,40H,11,13,22,24-32H2,1-5H3,(H,60,70)(H,61,64,71)(H,63,69,72)/t35-,40?/m1/s1. The molecule has 4 aromatic carbocycles. The number of halogens is 2. The summed E-state index contributed by atoms with van der Waals surface area (Å²) in [6.45, 7) is 7.96. The first-order valence-electron chi connectivity index (χ1n) is 25.6. The highest BCUT2D eigenvalue weighted by atomic mass is 32.1. The van der Waals surface area contributed by atoms with Crippen LogP contribution in [0.2, 0.25) is 0 Å². The largest absolute Gasteiger partial charge is 0.493 e. The van der Waals surface area contributed by atoms with Gasteiger partial charge in [-0.25, -0.2) is 23.5 Å². The number of para-hydroxylation sites is 2. The first-order valence-corrected chi connectivity index (χ1v) is 26.4. The lowest BCUT2D eigenvalue weighted by atomic mass is 9.88. The molecule has 16 nitrogen and oxygen atoms in total. The molecule has 0 aliphatic carbocycles. The summed E-state index contributed by atoms with van der Waals surface area (Å²) in [4.78, 5) is 78.7. The second-order valence-electron chi connectivity index (χ2n) is 20.8. The minimum absolute atomic E-state index is 0.123. The third kappa shape index (κ3) is 11.0. The molecule has 0 bridgehead atoms.